The van der Waals surface area contributed by atoms with E-state index in [1.54, 1.807) is 20.5 Å². The largest absolute Gasteiger partial charge is 0.493 e. The van der Waals surface area contributed by atoms with Gasteiger partial charge in [-0.3, -0.25) is 9.88 Å². The SMILES string of the molecule is COc1cc2ncnc(N3CCN(Cc4ccc5ccccc5n4)CC3)c2cc1OC. The third-order valence-corrected chi connectivity index (χ3v) is 5.83. The van der Waals surface area contributed by atoms with E-state index in [-0.39, 0.29) is 0 Å². The van der Waals surface area contributed by atoms with E-state index in [0.717, 1.165) is 60.7 Å². The summed E-state index contributed by atoms with van der Waals surface area (Å²) in [6, 6.07) is 16.4. The lowest BCUT2D eigenvalue weighted by atomic mass is 10.1. The highest BCUT2D eigenvalue weighted by Gasteiger charge is 2.21. The van der Waals surface area contributed by atoms with Gasteiger partial charge in [-0.1, -0.05) is 24.3 Å². The minimum Gasteiger partial charge on any atom is -0.493 e. The van der Waals surface area contributed by atoms with Gasteiger partial charge in [-0.05, 0) is 18.2 Å². The number of ether oxygens (including phenoxy) is 2. The van der Waals surface area contributed by atoms with Gasteiger partial charge in [0, 0.05) is 49.6 Å². The Morgan fingerprint density at radius 3 is 2.42 bits per heavy atom. The number of fused-ring (bicyclic) bond motifs is 2. The van der Waals surface area contributed by atoms with Crippen molar-refractivity contribution in [3.05, 3.63) is 60.6 Å². The Bertz CT molecular complexity index is 1220. The second-order valence-electron chi connectivity index (χ2n) is 7.68. The molecular weight excluding hydrogens is 390 g/mol. The number of anilines is 1. The number of rotatable bonds is 5. The predicted octanol–water partition coefficient (Wildman–Crippen LogP) is 3.52. The van der Waals surface area contributed by atoms with Crippen LogP contribution >= 0.6 is 0 Å². The number of pyridine rings is 1. The van der Waals surface area contributed by atoms with Gasteiger partial charge in [0.25, 0.3) is 0 Å². The second-order valence-corrected chi connectivity index (χ2v) is 7.68. The van der Waals surface area contributed by atoms with Crippen LogP contribution in [0.2, 0.25) is 0 Å². The van der Waals surface area contributed by atoms with E-state index < -0.39 is 0 Å². The molecule has 0 atom stereocenters. The average molecular weight is 415 g/mol. The van der Waals surface area contributed by atoms with Crippen molar-refractivity contribution in [3.63, 3.8) is 0 Å². The van der Waals surface area contributed by atoms with E-state index in [1.807, 2.05) is 24.3 Å². The molecule has 1 fully saturated rings. The highest BCUT2D eigenvalue weighted by atomic mass is 16.5. The highest BCUT2D eigenvalue weighted by molar-refractivity contribution is 5.92. The van der Waals surface area contributed by atoms with Crippen molar-refractivity contribution in [1.29, 1.82) is 0 Å². The fourth-order valence-corrected chi connectivity index (χ4v) is 4.16. The molecule has 2 aromatic carbocycles. The minimum absolute atomic E-state index is 0.673. The number of piperazine rings is 1. The summed E-state index contributed by atoms with van der Waals surface area (Å²) < 4.78 is 10.9. The molecule has 7 nitrogen and oxygen atoms in total. The first-order valence-corrected chi connectivity index (χ1v) is 10.4. The lowest BCUT2D eigenvalue weighted by Crippen LogP contribution is -2.46. The monoisotopic (exact) mass is 415 g/mol. The Morgan fingerprint density at radius 2 is 1.61 bits per heavy atom. The van der Waals surface area contributed by atoms with Crippen LogP contribution in [0.4, 0.5) is 5.82 Å². The van der Waals surface area contributed by atoms with E-state index in [1.165, 1.54) is 5.39 Å². The Kier molecular flexibility index (Phi) is 5.26. The standard InChI is InChI=1S/C24H25N5O2/c1-30-22-13-19-21(14-23(22)31-2)25-16-26-24(19)29-11-9-28(10-12-29)15-18-8-7-17-5-3-4-6-20(17)27-18/h3-8,13-14,16H,9-12,15H2,1-2H3. The van der Waals surface area contributed by atoms with Gasteiger partial charge in [-0.2, -0.15) is 0 Å². The Labute approximate surface area is 181 Å². The van der Waals surface area contributed by atoms with Crippen molar-refractivity contribution in [2.45, 2.75) is 6.54 Å². The summed E-state index contributed by atoms with van der Waals surface area (Å²) in [5.41, 5.74) is 3.01. The molecule has 1 saturated heterocycles. The summed E-state index contributed by atoms with van der Waals surface area (Å²) in [4.78, 5) is 18.6. The molecule has 158 valence electrons. The van der Waals surface area contributed by atoms with Gasteiger partial charge >= 0.3 is 0 Å². The zero-order chi connectivity index (χ0) is 21.2. The van der Waals surface area contributed by atoms with E-state index in [9.17, 15) is 0 Å². The summed E-state index contributed by atoms with van der Waals surface area (Å²) in [5.74, 6) is 2.30. The first-order valence-electron chi connectivity index (χ1n) is 10.4. The van der Waals surface area contributed by atoms with Crippen molar-refractivity contribution in [2.75, 3.05) is 45.3 Å². The molecule has 0 saturated carbocycles. The lowest BCUT2D eigenvalue weighted by Gasteiger charge is -2.35. The maximum Gasteiger partial charge on any atom is 0.162 e. The average Bonchev–Trinajstić information content (AvgIpc) is 2.83. The lowest BCUT2D eigenvalue weighted by molar-refractivity contribution is 0.247. The van der Waals surface area contributed by atoms with Gasteiger partial charge in [0.1, 0.15) is 12.1 Å². The smallest absolute Gasteiger partial charge is 0.162 e. The van der Waals surface area contributed by atoms with Gasteiger partial charge in [0.15, 0.2) is 11.5 Å². The zero-order valence-corrected chi connectivity index (χ0v) is 17.8. The molecule has 0 bridgehead atoms. The molecule has 0 spiro atoms. The van der Waals surface area contributed by atoms with Crippen LogP contribution in [0.25, 0.3) is 21.8 Å². The van der Waals surface area contributed by atoms with Crippen molar-refractivity contribution in [3.8, 4) is 11.5 Å². The summed E-state index contributed by atoms with van der Waals surface area (Å²) >= 11 is 0. The van der Waals surface area contributed by atoms with Gasteiger partial charge in [0.2, 0.25) is 0 Å². The zero-order valence-electron chi connectivity index (χ0n) is 17.8. The van der Waals surface area contributed by atoms with E-state index >= 15 is 0 Å². The number of hydrogen-bond donors (Lipinski definition) is 0. The van der Waals surface area contributed by atoms with Gasteiger partial charge in [-0.15, -0.1) is 0 Å². The topological polar surface area (TPSA) is 63.6 Å². The molecule has 3 heterocycles. The van der Waals surface area contributed by atoms with Gasteiger partial charge < -0.3 is 14.4 Å². The number of aromatic nitrogens is 3. The number of para-hydroxylation sites is 1. The highest BCUT2D eigenvalue weighted by Crippen LogP contribution is 2.35. The third-order valence-electron chi connectivity index (χ3n) is 5.83. The molecule has 31 heavy (non-hydrogen) atoms. The fraction of sp³-hybridized carbons (Fsp3) is 0.292. The number of methoxy groups -OCH3 is 2. The van der Waals surface area contributed by atoms with Gasteiger partial charge in [0.05, 0.1) is 30.9 Å². The maximum atomic E-state index is 5.49. The van der Waals surface area contributed by atoms with Crippen LogP contribution in [0.3, 0.4) is 0 Å². The van der Waals surface area contributed by atoms with E-state index in [0.29, 0.717) is 11.5 Å². The maximum absolute atomic E-state index is 5.49. The molecule has 7 heteroatoms. The van der Waals surface area contributed by atoms with Crippen LogP contribution in [0.1, 0.15) is 5.69 Å². The second kappa shape index (κ2) is 8.35. The molecule has 0 aliphatic carbocycles. The quantitative estimate of drug-likeness (QED) is 0.494. The van der Waals surface area contributed by atoms with Crippen molar-refractivity contribution in [2.24, 2.45) is 0 Å². The molecule has 0 unspecified atom stereocenters. The minimum atomic E-state index is 0.673. The van der Waals surface area contributed by atoms with Crippen molar-refractivity contribution >= 4 is 27.6 Å². The van der Waals surface area contributed by atoms with Crippen molar-refractivity contribution in [1.82, 2.24) is 19.9 Å². The number of nitrogens with zero attached hydrogens (tertiary/aromatic N) is 5. The Morgan fingerprint density at radius 1 is 0.839 bits per heavy atom. The molecule has 0 amide bonds. The normalized spacial score (nSPS) is 14.8. The van der Waals surface area contributed by atoms with Crippen molar-refractivity contribution < 1.29 is 9.47 Å². The molecule has 1 aliphatic rings. The Hall–Kier alpha value is -3.45. The molecule has 5 rings (SSSR count). The Balaban J connectivity index is 1.32. The molecule has 0 N–H and O–H groups in total. The van der Waals surface area contributed by atoms with E-state index in [4.69, 9.17) is 14.5 Å². The number of benzene rings is 2. The van der Waals surface area contributed by atoms with Crippen LogP contribution in [-0.2, 0) is 6.54 Å². The predicted molar refractivity (Wildman–Crippen MR) is 122 cm³/mol. The summed E-state index contributed by atoms with van der Waals surface area (Å²) in [7, 11) is 3.28. The fourth-order valence-electron chi connectivity index (χ4n) is 4.16. The molecule has 4 aromatic rings. The molecule has 0 radical (unpaired) electrons. The third kappa shape index (κ3) is 3.84. The van der Waals surface area contributed by atoms with Crippen LogP contribution in [0.5, 0.6) is 11.5 Å². The summed E-state index contributed by atoms with van der Waals surface area (Å²) in [5, 5.41) is 2.16. The van der Waals surface area contributed by atoms with Crippen LogP contribution in [0, 0.1) is 0 Å². The van der Waals surface area contributed by atoms with Crippen LogP contribution in [-0.4, -0.2) is 60.3 Å². The molecule has 1 aliphatic heterocycles. The first kappa shape index (κ1) is 19.5. The summed E-state index contributed by atoms with van der Waals surface area (Å²) in [6.07, 6.45) is 1.62. The molecule has 2 aromatic heterocycles. The number of hydrogen-bond acceptors (Lipinski definition) is 7. The summed E-state index contributed by atoms with van der Waals surface area (Å²) in [6.45, 7) is 4.55. The first-order chi connectivity index (χ1) is 15.2. The van der Waals surface area contributed by atoms with E-state index in [2.05, 4.69) is 44.0 Å². The van der Waals surface area contributed by atoms with Crippen LogP contribution < -0.4 is 14.4 Å². The van der Waals surface area contributed by atoms with Gasteiger partial charge in [-0.25, -0.2) is 9.97 Å². The van der Waals surface area contributed by atoms with Crippen LogP contribution in [0.15, 0.2) is 54.9 Å². The molecular formula is C24H25N5O2.